The second-order valence-corrected chi connectivity index (χ2v) is 2.27. The van der Waals surface area contributed by atoms with Crippen molar-refractivity contribution >= 4 is 5.97 Å². The van der Waals surface area contributed by atoms with E-state index in [-0.39, 0.29) is 6.10 Å². The third-order valence-corrected chi connectivity index (χ3v) is 1.23. The molecule has 0 amide bonds. The Labute approximate surface area is 58.7 Å². The molecule has 1 aliphatic heterocycles. The fourth-order valence-electron chi connectivity index (χ4n) is 0.545. The highest BCUT2D eigenvalue weighted by molar-refractivity contribution is 5.74. The van der Waals surface area contributed by atoms with Crippen molar-refractivity contribution in [2.45, 2.75) is 19.1 Å². The summed E-state index contributed by atoms with van der Waals surface area (Å²) in [5, 5.41) is 8.67. The van der Waals surface area contributed by atoms with Gasteiger partial charge in [0.1, 0.15) is 12.2 Å². The first-order valence-corrected chi connectivity index (χ1v) is 3.16. The monoisotopic (exact) mass is 146 g/mol. The molecule has 1 saturated heterocycles. The van der Waals surface area contributed by atoms with Crippen LogP contribution in [0, 0.1) is 0 Å². The van der Waals surface area contributed by atoms with Gasteiger partial charge in [-0.2, -0.15) is 0 Å². The molecule has 0 aromatic carbocycles. The topological polar surface area (TPSA) is 55.8 Å². The number of esters is 1. The maximum Gasteiger partial charge on any atom is 0.335 e. The van der Waals surface area contributed by atoms with Crippen LogP contribution in [0.25, 0.3) is 0 Å². The summed E-state index contributed by atoms with van der Waals surface area (Å²) >= 11 is 0. The minimum atomic E-state index is -1.03. The number of carbonyl (C=O) groups excluding carboxylic acids is 1. The van der Waals surface area contributed by atoms with Crippen molar-refractivity contribution in [1.29, 1.82) is 0 Å². The second-order valence-electron chi connectivity index (χ2n) is 2.27. The lowest BCUT2D eigenvalue weighted by Crippen LogP contribution is -2.39. The van der Waals surface area contributed by atoms with Gasteiger partial charge >= 0.3 is 5.97 Å². The molecule has 1 fully saturated rings. The molecule has 0 aromatic heterocycles. The van der Waals surface area contributed by atoms with E-state index in [9.17, 15) is 4.79 Å². The van der Waals surface area contributed by atoms with Gasteiger partial charge in [0, 0.05) is 0 Å². The SMILES string of the molecule is C[C@@H](O)C(=O)OC1COC1. The van der Waals surface area contributed by atoms with Gasteiger partial charge in [-0.3, -0.25) is 0 Å². The van der Waals surface area contributed by atoms with Crippen LogP contribution in [0.2, 0.25) is 0 Å². The van der Waals surface area contributed by atoms with Gasteiger partial charge in [0.25, 0.3) is 0 Å². The van der Waals surface area contributed by atoms with Crippen molar-refractivity contribution in [3.8, 4) is 0 Å². The highest BCUT2D eigenvalue weighted by Crippen LogP contribution is 2.06. The summed E-state index contributed by atoms with van der Waals surface area (Å²) in [5.74, 6) is -0.576. The molecule has 0 aliphatic carbocycles. The van der Waals surface area contributed by atoms with Crippen LogP contribution in [0.1, 0.15) is 6.92 Å². The fourth-order valence-corrected chi connectivity index (χ4v) is 0.545. The number of rotatable bonds is 2. The lowest BCUT2D eigenvalue weighted by atomic mass is 10.3. The summed E-state index contributed by atoms with van der Waals surface area (Å²) in [4.78, 5) is 10.6. The van der Waals surface area contributed by atoms with Crippen molar-refractivity contribution in [3.05, 3.63) is 0 Å². The summed E-state index contributed by atoms with van der Waals surface area (Å²) in [6.07, 6.45) is -1.16. The molecule has 1 N–H and O–H groups in total. The van der Waals surface area contributed by atoms with Gasteiger partial charge in [0.2, 0.25) is 0 Å². The van der Waals surface area contributed by atoms with Gasteiger partial charge < -0.3 is 14.6 Å². The van der Waals surface area contributed by atoms with E-state index in [0.717, 1.165) is 0 Å². The van der Waals surface area contributed by atoms with Crippen molar-refractivity contribution in [2.75, 3.05) is 13.2 Å². The molecule has 0 unspecified atom stereocenters. The Morgan fingerprint density at radius 1 is 1.80 bits per heavy atom. The molecule has 0 saturated carbocycles. The summed E-state index contributed by atoms with van der Waals surface area (Å²) in [7, 11) is 0. The zero-order valence-corrected chi connectivity index (χ0v) is 5.74. The Kier molecular flexibility index (Phi) is 2.24. The van der Waals surface area contributed by atoms with Crippen LogP contribution in [0.3, 0.4) is 0 Å². The minimum Gasteiger partial charge on any atom is -0.456 e. The van der Waals surface area contributed by atoms with Crippen LogP contribution >= 0.6 is 0 Å². The van der Waals surface area contributed by atoms with Crippen LogP contribution in [-0.2, 0) is 14.3 Å². The third-order valence-electron chi connectivity index (χ3n) is 1.23. The number of hydrogen-bond acceptors (Lipinski definition) is 4. The molecule has 0 spiro atoms. The average Bonchev–Trinajstić information content (AvgIpc) is 1.77. The maximum absolute atomic E-state index is 10.6. The van der Waals surface area contributed by atoms with Crippen molar-refractivity contribution in [2.24, 2.45) is 0 Å². The van der Waals surface area contributed by atoms with E-state index >= 15 is 0 Å². The highest BCUT2D eigenvalue weighted by Gasteiger charge is 2.24. The summed E-state index contributed by atoms with van der Waals surface area (Å²) in [5.41, 5.74) is 0. The molecule has 0 radical (unpaired) electrons. The van der Waals surface area contributed by atoms with Crippen molar-refractivity contribution in [1.82, 2.24) is 0 Å². The predicted molar refractivity (Wildman–Crippen MR) is 32.4 cm³/mol. The number of hydrogen-bond donors (Lipinski definition) is 1. The Morgan fingerprint density at radius 2 is 2.40 bits per heavy atom. The second kappa shape index (κ2) is 2.98. The molecule has 4 heteroatoms. The molecule has 1 atom stereocenters. The smallest absolute Gasteiger partial charge is 0.335 e. The zero-order chi connectivity index (χ0) is 7.56. The van der Waals surface area contributed by atoms with Gasteiger partial charge in [-0.25, -0.2) is 4.79 Å². The van der Waals surface area contributed by atoms with E-state index in [1.807, 2.05) is 0 Å². The molecular weight excluding hydrogens is 136 g/mol. The lowest BCUT2D eigenvalue weighted by molar-refractivity contribution is -0.180. The summed E-state index contributed by atoms with van der Waals surface area (Å²) < 4.78 is 9.49. The van der Waals surface area contributed by atoms with E-state index in [2.05, 4.69) is 0 Å². The van der Waals surface area contributed by atoms with Crippen molar-refractivity contribution < 1.29 is 19.4 Å². The van der Waals surface area contributed by atoms with E-state index in [0.29, 0.717) is 13.2 Å². The fraction of sp³-hybridized carbons (Fsp3) is 0.833. The number of carbonyl (C=O) groups is 1. The molecular formula is C6H10O4. The Bertz CT molecular complexity index is 128. The molecule has 1 rings (SSSR count). The van der Waals surface area contributed by atoms with Crippen LogP contribution < -0.4 is 0 Å². The first-order valence-electron chi connectivity index (χ1n) is 3.16. The summed E-state index contributed by atoms with van der Waals surface area (Å²) in [6, 6.07) is 0. The van der Waals surface area contributed by atoms with E-state index in [1.165, 1.54) is 6.92 Å². The first kappa shape index (κ1) is 7.50. The Balaban J connectivity index is 2.17. The van der Waals surface area contributed by atoms with Crippen molar-refractivity contribution in [3.63, 3.8) is 0 Å². The van der Waals surface area contributed by atoms with Crippen LogP contribution in [-0.4, -0.2) is 36.5 Å². The average molecular weight is 146 g/mol. The van der Waals surface area contributed by atoms with E-state index < -0.39 is 12.1 Å². The summed E-state index contributed by atoms with van der Waals surface area (Å²) in [6.45, 7) is 2.29. The first-order chi connectivity index (χ1) is 4.70. The Morgan fingerprint density at radius 3 is 2.70 bits per heavy atom. The predicted octanol–water partition coefficient (Wildman–Crippen LogP) is -0.691. The number of aliphatic hydroxyl groups is 1. The molecule has 0 aromatic rings. The quantitative estimate of drug-likeness (QED) is 0.524. The van der Waals surface area contributed by atoms with Crippen LogP contribution in [0.4, 0.5) is 0 Å². The minimum absolute atomic E-state index is 0.137. The highest BCUT2D eigenvalue weighted by atomic mass is 16.6. The molecule has 4 nitrogen and oxygen atoms in total. The van der Waals surface area contributed by atoms with Gasteiger partial charge in [-0.1, -0.05) is 0 Å². The van der Waals surface area contributed by atoms with Crippen LogP contribution in [0.5, 0.6) is 0 Å². The van der Waals surface area contributed by atoms with Gasteiger partial charge in [-0.15, -0.1) is 0 Å². The van der Waals surface area contributed by atoms with Gasteiger partial charge in [-0.05, 0) is 6.92 Å². The standard InChI is InChI=1S/C6H10O4/c1-4(7)6(8)10-5-2-9-3-5/h4-5,7H,2-3H2,1H3/t4-/m1/s1. The van der Waals surface area contributed by atoms with Gasteiger partial charge in [0.05, 0.1) is 13.2 Å². The molecule has 0 bridgehead atoms. The largest absolute Gasteiger partial charge is 0.456 e. The van der Waals surface area contributed by atoms with Crippen LogP contribution in [0.15, 0.2) is 0 Å². The molecule has 1 aliphatic rings. The van der Waals surface area contributed by atoms with E-state index in [4.69, 9.17) is 14.6 Å². The third kappa shape index (κ3) is 1.68. The molecule has 58 valence electrons. The lowest BCUT2D eigenvalue weighted by Gasteiger charge is -2.25. The number of ether oxygens (including phenoxy) is 2. The normalized spacial score (nSPS) is 21.4. The Hall–Kier alpha value is -0.610. The number of aliphatic hydroxyl groups excluding tert-OH is 1. The molecule has 10 heavy (non-hydrogen) atoms. The van der Waals surface area contributed by atoms with E-state index in [1.54, 1.807) is 0 Å². The zero-order valence-electron chi connectivity index (χ0n) is 5.74. The maximum atomic E-state index is 10.6. The molecule has 1 heterocycles. The van der Waals surface area contributed by atoms with Gasteiger partial charge in [0.15, 0.2) is 0 Å².